The van der Waals surface area contributed by atoms with Gasteiger partial charge in [-0.1, -0.05) is 12.1 Å². The number of benzene rings is 1. The number of rotatable bonds is 7. The average molecular weight is 388 g/mol. The molecule has 0 bridgehead atoms. The number of ether oxygens (including phenoxy) is 1. The standard InChI is InChI=1S/C20H28N4O4/c1-15(12-28-2)22-18(25)11-23-9-7-20(27,8-10-23)13-24-14-21-17-6-4-3-5-16(17)19(24)26/h3-6,14-15,27H,7-13H2,1-2H3,(H,22,25)/t15-/m1/s1. The van der Waals surface area contributed by atoms with Gasteiger partial charge in [-0.3, -0.25) is 19.1 Å². The second-order valence-corrected chi connectivity index (χ2v) is 7.62. The molecule has 0 aliphatic carbocycles. The summed E-state index contributed by atoms with van der Waals surface area (Å²) in [6, 6.07) is 7.16. The van der Waals surface area contributed by atoms with Gasteiger partial charge in [-0.2, -0.15) is 0 Å². The Bertz CT molecular complexity index is 874. The second-order valence-electron chi connectivity index (χ2n) is 7.62. The number of methoxy groups -OCH3 is 1. The molecule has 8 heteroatoms. The smallest absolute Gasteiger partial charge is 0.261 e. The van der Waals surface area contributed by atoms with E-state index in [1.165, 1.54) is 10.9 Å². The normalized spacial score (nSPS) is 18.1. The SMILES string of the molecule is COC[C@@H](C)NC(=O)CN1CCC(O)(Cn2cnc3ccccc3c2=O)CC1. The summed E-state index contributed by atoms with van der Waals surface area (Å²) in [6.45, 7) is 4.05. The zero-order chi connectivity index (χ0) is 20.1. The van der Waals surface area contributed by atoms with Gasteiger partial charge >= 0.3 is 0 Å². The van der Waals surface area contributed by atoms with Crippen LogP contribution in [0.2, 0.25) is 0 Å². The number of aliphatic hydroxyl groups is 1. The summed E-state index contributed by atoms with van der Waals surface area (Å²) in [5, 5.41) is 14.4. The molecule has 3 rings (SSSR count). The molecule has 1 aromatic heterocycles. The lowest BCUT2D eigenvalue weighted by atomic mass is 9.91. The number of amides is 1. The first-order valence-corrected chi connectivity index (χ1v) is 9.57. The first-order valence-electron chi connectivity index (χ1n) is 9.57. The van der Waals surface area contributed by atoms with E-state index in [0.717, 1.165) is 0 Å². The van der Waals surface area contributed by atoms with Crippen LogP contribution in [-0.4, -0.2) is 70.5 Å². The fourth-order valence-electron chi connectivity index (χ4n) is 3.64. The van der Waals surface area contributed by atoms with Crippen molar-refractivity contribution in [3.63, 3.8) is 0 Å². The summed E-state index contributed by atoms with van der Waals surface area (Å²) in [5.74, 6) is -0.0510. The zero-order valence-corrected chi connectivity index (χ0v) is 16.4. The Morgan fingerprint density at radius 3 is 2.79 bits per heavy atom. The number of fused-ring (bicyclic) bond motifs is 1. The Hall–Kier alpha value is -2.29. The van der Waals surface area contributed by atoms with E-state index in [-0.39, 0.29) is 24.1 Å². The van der Waals surface area contributed by atoms with Gasteiger partial charge in [-0.25, -0.2) is 4.98 Å². The van der Waals surface area contributed by atoms with E-state index in [1.807, 2.05) is 24.0 Å². The minimum atomic E-state index is -0.982. The van der Waals surface area contributed by atoms with E-state index in [0.29, 0.717) is 50.0 Å². The largest absolute Gasteiger partial charge is 0.388 e. The number of nitrogens with zero attached hydrogens (tertiary/aromatic N) is 3. The molecule has 0 radical (unpaired) electrons. The van der Waals surface area contributed by atoms with Crippen LogP contribution in [0.4, 0.5) is 0 Å². The van der Waals surface area contributed by atoms with Gasteiger partial charge < -0.3 is 15.2 Å². The average Bonchev–Trinajstić information content (AvgIpc) is 2.66. The maximum Gasteiger partial charge on any atom is 0.261 e. The molecule has 1 aliphatic rings. The van der Waals surface area contributed by atoms with Crippen molar-refractivity contribution in [3.05, 3.63) is 40.9 Å². The van der Waals surface area contributed by atoms with E-state index in [9.17, 15) is 14.7 Å². The Kier molecular flexibility index (Phi) is 6.43. The van der Waals surface area contributed by atoms with Crippen molar-refractivity contribution >= 4 is 16.8 Å². The van der Waals surface area contributed by atoms with E-state index < -0.39 is 5.60 Å². The monoisotopic (exact) mass is 388 g/mol. The number of nitrogens with one attached hydrogen (secondary N) is 1. The summed E-state index contributed by atoms with van der Waals surface area (Å²) >= 11 is 0. The van der Waals surface area contributed by atoms with Gasteiger partial charge in [0.25, 0.3) is 5.56 Å². The Balaban J connectivity index is 1.57. The van der Waals surface area contributed by atoms with Crippen LogP contribution in [-0.2, 0) is 16.1 Å². The summed E-state index contributed by atoms with van der Waals surface area (Å²) in [4.78, 5) is 31.1. The van der Waals surface area contributed by atoms with Gasteiger partial charge in [0.05, 0.1) is 42.5 Å². The van der Waals surface area contributed by atoms with Crippen LogP contribution < -0.4 is 10.9 Å². The molecule has 0 unspecified atom stereocenters. The van der Waals surface area contributed by atoms with Crippen molar-refractivity contribution in [2.24, 2.45) is 0 Å². The van der Waals surface area contributed by atoms with Crippen LogP contribution in [0.1, 0.15) is 19.8 Å². The van der Waals surface area contributed by atoms with E-state index in [2.05, 4.69) is 10.3 Å². The predicted octanol–water partition coefficient (Wildman–Crippen LogP) is 0.375. The highest BCUT2D eigenvalue weighted by Crippen LogP contribution is 2.23. The zero-order valence-electron chi connectivity index (χ0n) is 16.4. The van der Waals surface area contributed by atoms with Gasteiger partial charge in [0.15, 0.2) is 0 Å². The molecule has 2 heterocycles. The fraction of sp³-hybridized carbons (Fsp3) is 0.550. The molecule has 1 amide bonds. The topological polar surface area (TPSA) is 96.7 Å². The maximum atomic E-state index is 12.6. The van der Waals surface area contributed by atoms with Crippen LogP contribution in [0, 0.1) is 0 Å². The number of piperidine rings is 1. The quantitative estimate of drug-likeness (QED) is 0.712. The Morgan fingerprint density at radius 1 is 1.36 bits per heavy atom. The third-order valence-corrected chi connectivity index (χ3v) is 5.17. The maximum absolute atomic E-state index is 12.6. The van der Waals surface area contributed by atoms with Crippen LogP contribution in [0.5, 0.6) is 0 Å². The number of carbonyl (C=O) groups is 1. The van der Waals surface area contributed by atoms with Gasteiger partial charge in [-0.15, -0.1) is 0 Å². The molecule has 8 nitrogen and oxygen atoms in total. The Labute approximate surface area is 164 Å². The first kappa shape index (κ1) is 20.4. The minimum Gasteiger partial charge on any atom is -0.388 e. The molecule has 2 aromatic rings. The number of hydrogen-bond donors (Lipinski definition) is 2. The lowest BCUT2D eigenvalue weighted by molar-refractivity contribution is -0.124. The summed E-state index contributed by atoms with van der Waals surface area (Å²) in [7, 11) is 1.60. The van der Waals surface area contributed by atoms with Gasteiger partial charge in [0.1, 0.15) is 0 Å². The molecular formula is C20H28N4O4. The van der Waals surface area contributed by atoms with E-state index in [4.69, 9.17) is 4.74 Å². The third kappa shape index (κ3) is 4.95. The number of aromatic nitrogens is 2. The molecular weight excluding hydrogens is 360 g/mol. The molecule has 0 saturated carbocycles. The molecule has 1 aromatic carbocycles. The van der Waals surface area contributed by atoms with E-state index >= 15 is 0 Å². The molecule has 1 atom stereocenters. The van der Waals surface area contributed by atoms with Crippen LogP contribution in [0.15, 0.2) is 35.4 Å². The third-order valence-electron chi connectivity index (χ3n) is 5.17. The Morgan fingerprint density at radius 2 is 2.07 bits per heavy atom. The number of para-hydroxylation sites is 1. The van der Waals surface area contributed by atoms with Crippen molar-refractivity contribution in [2.75, 3.05) is 33.4 Å². The van der Waals surface area contributed by atoms with Crippen LogP contribution in [0.3, 0.4) is 0 Å². The first-order chi connectivity index (χ1) is 13.4. The highest BCUT2D eigenvalue weighted by Gasteiger charge is 2.33. The molecule has 28 heavy (non-hydrogen) atoms. The molecule has 2 N–H and O–H groups in total. The van der Waals surface area contributed by atoms with Crippen LogP contribution >= 0.6 is 0 Å². The second kappa shape index (κ2) is 8.81. The molecule has 1 fully saturated rings. The van der Waals surface area contributed by atoms with E-state index in [1.54, 1.807) is 19.2 Å². The lowest BCUT2D eigenvalue weighted by Gasteiger charge is -2.38. The molecule has 1 aliphatic heterocycles. The summed E-state index contributed by atoms with van der Waals surface area (Å²) in [6.07, 6.45) is 2.49. The molecule has 1 saturated heterocycles. The van der Waals surface area contributed by atoms with Gasteiger partial charge in [0.2, 0.25) is 5.91 Å². The van der Waals surface area contributed by atoms with Crippen molar-refractivity contribution in [1.29, 1.82) is 0 Å². The molecule has 0 spiro atoms. The predicted molar refractivity (Wildman–Crippen MR) is 106 cm³/mol. The van der Waals surface area contributed by atoms with Crippen molar-refractivity contribution < 1.29 is 14.6 Å². The highest BCUT2D eigenvalue weighted by atomic mass is 16.5. The van der Waals surface area contributed by atoms with Crippen molar-refractivity contribution in [2.45, 2.75) is 38.0 Å². The fourth-order valence-corrected chi connectivity index (χ4v) is 3.64. The molecule has 152 valence electrons. The minimum absolute atomic E-state index is 0.0356. The summed E-state index contributed by atoms with van der Waals surface area (Å²) < 4.78 is 6.50. The van der Waals surface area contributed by atoms with Gasteiger partial charge in [-0.05, 0) is 31.9 Å². The number of hydrogen-bond acceptors (Lipinski definition) is 6. The highest BCUT2D eigenvalue weighted by molar-refractivity contribution is 5.78. The van der Waals surface area contributed by atoms with Crippen molar-refractivity contribution in [1.82, 2.24) is 19.8 Å². The van der Waals surface area contributed by atoms with Gasteiger partial charge in [0, 0.05) is 26.2 Å². The number of likely N-dealkylation sites (tertiary alicyclic amines) is 1. The number of carbonyl (C=O) groups excluding carboxylic acids is 1. The summed E-state index contributed by atoms with van der Waals surface area (Å²) in [5.41, 5.74) is -0.475. The lowest BCUT2D eigenvalue weighted by Crippen LogP contribution is -2.51. The van der Waals surface area contributed by atoms with Crippen LogP contribution in [0.25, 0.3) is 10.9 Å². The van der Waals surface area contributed by atoms with Crippen molar-refractivity contribution in [3.8, 4) is 0 Å².